The standard InChI is InChI=1S/C18H19N5O/c1-2-13-8-10-15(11-9-13)20-18(24)16-17(19)23(22-21-16)12-14-6-4-3-5-7-14/h3-11H,2,12,19H2,1H3,(H,20,24). The molecule has 3 rings (SSSR count). The summed E-state index contributed by atoms with van der Waals surface area (Å²) >= 11 is 0. The maximum atomic E-state index is 12.3. The lowest BCUT2D eigenvalue weighted by atomic mass is 10.1. The second kappa shape index (κ2) is 6.95. The first kappa shape index (κ1) is 15.7. The Morgan fingerprint density at radius 2 is 1.79 bits per heavy atom. The zero-order chi connectivity index (χ0) is 16.9. The van der Waals surface area contributed by atoms with Crippen LogP contribution in [0.25, 0.3) is 0 Å². The minimum atomic E-state index is -0.365. The molecule has 0 aliphatic rings. The molecule has 0 radical (unpaired) electrons. The number of carbonyl (C=O) groups is 1. The zero-order valence-electron chi connectivity index (χ0n) is 13.4. The van der Waals surface area contributed by atoms with Gasteiger partial charge in [-0.05, 0) is 29.7 Å². The van der Waals surface area contributed by atoms with Gasteiger partial charge in [0, 0.05) is 5.69 Å². The molecular weight excluding hydrogens is 302 g/mol. The number of benzene rings is 2. The Labute approximate surface area is 140 Å². The fourth-order valence-electron chi connectivity index (χ4n) is 2.37. The highest BCUT2D eigenvalue weighted by Crippen LogP contribution is 2.15. The van der Waals surface area contributed by atoms with Crippen LogP contribution >= 0.6 is 0 Å². The number of hydrogen-bond donors (Lipinski definition) is 2. The van der Waals surface area contributed by atoms with Crippen LogP contribution in [0.2, 0.25) is 0 Å². The molecule has 1 amide bonds. The molecule has 1 aromatic heterocycles. The summed E-state index contributed by atoms with van der Waals surface area (Å²) in [5, 5.41) is 10.7. The van der Waals surface area contributed by atoms with Crippen molar-refractivity contribution in [2.75, 3.05) is 11.1 Å². The lowest BCUT2D eigenvalue weighted by Gasteiger charge is -2.06. The number of nitrogens with one attached hydrogen (secondary N) is 1. The molecule has 0 unspecified atom stereocenters. The number of carbonyl (C=O) groups excluding carboxylic acids is 1. The number of amides is 1. The first-order chi connectivity index (χ1) is 11.7. The number of nitrogens with two attached hydrogens (primary N) is 1. The molecule has 0 fully saturated rings. The summed E-state index contributed by atoms with van der Waals surface area (Å²) in [4.78, 5) is 12.3. The quantitative estimate of drug-likeness (QED) is 0.756. The van der Waals surface area contributed by atoms with Crippen molar-refractivity contribution in [1.82, 2.24) is 15.0 Å². The maximum absolute atomic E-state index is 12.3. The summed E-state index contributed by atoms with van der Waals surface area (Å²) in [6.45, 7) is 2.55. The van der Waals surface area contributed by atoms with E-state index in [2.05, 4.69) is 22.6 Å². The van der Waals surface area contributed by atoms with E-state index in [-0.39, 0.29) is 17.4 Å². The summed E-state index contributed by atoms with van der Waals surface area (Å²) in [6.07, 6.45) is 0.953. The molecule has 3 N–H and O–H groups in total. The molecule has 0 atom stereocenters. The number of hydrogen-bond acceptors (Lipinski definition) is 4. The predicted molar refractivity (Wildman–Crippen MR) is 93.8 cm³/mol. The van der Waals surface area contributed by atoms with Crippen molar-refractivity contribution >= 4 is 17.4 Å². The number of aromatic nitrogens is 3. The molecule has 0 bridgehead atoms. The van der Waals surface area contributed by atoms with Crippen molar-refractivity contribution in [3.63, 3.8) is 0 Å². The molecule has 6 heteroatoms. The van der Waals surface area contributed by atoms with Crippen molar-refractivity contribution in [3.8, 4) is 0 Å². The smallest absolute Gasteiger partial charge is 0.280 e. The molecule has 2 aromatic carbocycles. The summed E-state index contributed by atoms with van der Waals surface area (Å²) < 4.78 is 1.52. The SMILES string of the molecule is CCc1ccc(NC(=O)c2nnn(Cc3ccccc3)c2N)cc1. The van der Waals surface area contributed by atoms with Crippen molar-refractivity contribution in [3.05, 3.63) is 71.4 Å². The van der Waals surface area contributed by atoms with Gasteiger partial charge in [-0.25, -0.2) is 4.68 Å². The lowest BCUT2D eigenvalue weighted by molar-refractivity contribution is 0.102. The van der Waals surface area contributed by atoms with Crippen LogP contribution in [0.1, 0.15) is 28.5 Å². The van der Waals surface area contributed by atoms with Gasteiger partial charge in [0.1, 0.15) is 0 Å². The molecule has 1 heterocycles. The Hall–Kier alpha value is -3.15. The molecule has 0 saturated carbocycles. The summed E-state index contributed by atoms with van der Waals surface area (Å²) in [5.74, 6) is -0.113. The van der Waals surface area contributed by atoms with Gasteiger partial charge in [0.05, 0.1) is 6.54 Å². The summed E-state index contributed by atoms with van der Waals surface area (Å²) in [5.41, 5.74) is 9.11. The monoisotopic (exact) mass is 321 g/mol. The van der Waals surface area contributed by atoms with E-state index in [0.717, 1.165) is 12.0 Å². The first-order valence-corrected chi connectivity index (χ1v) is 7.80. The van der Waals surface area contributed by atoms with Crippen molar-refractivity contribution in [1.29, 1.82) is 0 Å². The van der Waals surface area contributed by atoms with E-state index in [1.54, 1.807) is 0 Å². The molecule has 0 spiro atoms. The van der Waals surface area contributed by atoms with Crippen LogP contribution in [0.5, 0.6) is 0 Å². The molecule has 0 aliphatic heterocycles. The number of nitrogens with zero attached hydrogens (tertiary/aromatic N) is 3. The predicted octanol–water partition coefficient (Wildman–Crippen LogP) is 2.72. The van der Waals surface area contributed by atoms with E-state index in [1.807, 2.05) is 54.6 Å². The third-order valence-corrected chi connectivity index (χ3v) is 3.78. The lowest BCUT2D eigenvalue weighted by Crippen LogP contribution is -2.15. The number of anilines is 2. The van der Waals surface area contributed by atoms with Crippen LogP contribution in [-0.4, -0.2) is 20.9 Å². The Bertz CT molecular complexity index is 824. The van der Waals surface area contributed by atoms with Gasteiger partial charge in [-0.15, -0.1) is 5.10 Å². The number of rotatable bonds is 5. The molecule has 6 nitrogen and oxygen atoms in total. The Morgan fingerprint density at radius 1 is 1.08 bits per heavy atom. The summed E-state index contributed by atoms with van der Waals surface area (Å²) in [7, 11) is 0. The van der Waals surface area contributed by atoms with Gasteiger partial charge in [-0.2, -0.15) is 0 Å². The van der Waals surface area contributed by atoms with E-state index in [9.17, 15) is 4.79 Å². The van der Waals surface area contributed by atoms with Gasteiger partial charge < -0.3 is 11.1 Å². The van der Waals surface area contributed by atoms with Crippen LogP contribution in [0, 0.1) is 0 Å². The molecule has 24 heavy (non-hydrogen) atoms. The Balaban J connectivity index is 1.73. The third kappa shape index (κ3) is 3.43. The van der Waals surface area contributed by atoms with Gasteiger partial charge in [-0.1, -0.05) is 54.6 Å². The highest BCUT2D eigenvalue weighted by Gasteiger charge is 2.17. The van der Waals surface area contributed by atoms with Gasteiger partial charge in [0.2, 0.25) is 0 Å². The van der Waals surface area contributed by atoms with Crippen LogP contribution in [0.4, 0.5) is 11.5 Å². The molecule has 3 aromatic rings. The molecule has 0 aliphatic carbocycles. The minimum Gasteiger partial charge on any atom is -0.382 e. The van der Waals surface area contributed by atoms with E-state index in [0.29, 0.717) is 12.2 Å². The maximum Gasteiger partial charge on any atom is 0.280 e. The number of aryl methyl sites for hydroxylation is 1. The first-order valence-electron chi connectivity index (χ1n) is 7.80. The molecular formula is C18H19N5O. The third-order valence-electron chi connectivity index (χ3n) is 3.78. The van der Waals surface area contributed by atoms with Gasteiger partial charge in [-0.3, -0.25) is 4.79 Å². The fraction of sp³-hybridized carbons (Fsp3) is 0.167. The largest absolute Gasteiger partial charge is 0.382 e. The normalized spacial score (nSPS) is 10.5. The number of nitrogen functional groups attached to an aromatic ring is 1. The van der Waals surface area contributed by atoms with Crippen molar-refractivity contribution in [2.45, 2.75) is 19.9 Å². The highest BCUT2D eigenvalue weighted by molar-refractivity contribution is 6.05. The van der Waals surface area contributed by atoms with Gasteiger partial charge in [0.25, 0.3) is 5.91 Å². The topological polar surface area (TPSA) is 85.8 Å². The minimum absolute atomic E-state index is 0.130. The van der Waals surface area contributed by atoms with Crippen LogP contribution < -0.4 is 11.1 Å². The molecule has 0 saturated heterocycles. The van der Waals surface area contributed by atoms with Crippen LogP contribution in [0.15, 0.2) is 54.6 Å². The van der Waals surface area contributed by atoms with Crippen molar-refractivity contribution in [2.24, 2.45) is 0 Å². The Morgan fingerprint density at radius 3 is 2.46 bits per heavy atom. The average Bonchev–Trinajstić information content (AvgIpc) is 2.97. The average molecular weight is 321 g/mol. The van der Waals surface area contributed by atoms with Crippen LogP contribution in [0.3, 0.4) is 0 Å². The summed E-state index contributed by atoms with van der Waals surface area (Å²) in [6, 6.07) is 17.4. The van der Waals surface area contributed by atoms with E-state index in [1.165, 1.54) is 10.2 Å². The molecule has 122 valence electrons. The van der Waals surface area contributed by atoms with Gasteiger partial charge in [0.15, 0.2) is 11.5 Å². The van der Waals surface area contributed by atoms with Gasteiger partial charge >= 0.3 is 0 Å². The second-order valence-corrected chi connectivity index (χ2v) is 5.47. The van der Waals surface area contributed by atoms with E-state index >= 15 is 0 Å². The van der Waals surface area contributed by atoms with Crippen molar-refractivity contribution < 1.29 is 4.79 Å². The van der Waals surface area contributed by atoms with Crippen LogP contribution in [-0.2, 0) is 13.0 Å². The second-order valence-electron chi connectivity index (χ2n) is 5.47. The van der Waals surface area contributed by atoms with E-state index < -0.39 is 0 Å². The van der Waals surface area contributed by atoms with E-state index in [4.69, 9.17) is 5.73 Å². The fourth-order valence-corrected chi connectivity index (χ4v) is 2.37. The highest BCUT2D eigenvalue weighted by atomic mass is 16.2. The zero-order valence-corrected chi connectivity index (χ0v) is 13.4. The Kier molecular flexibility index (Phi) is 4.56.